The monoisotopic (exact) mass is 562 g/mol. The largest absolute Gasteiger partial charge is 0.396 e. The molecule has 42 heavy (non-hydrogen) atoms. The van der Waals surface area contributed by atoms with Gasteiger partial charge in [0.15, 0.2) is 0 Å². The molecule has 2 N–H and O–H groups in total. The number of rotatable bonds is 15. The van der Waals surface area contributed by atoms with Crippen LogP contribution >= 0.6 is 0 Å². The third kappa shape index (κ3) is 7.56. The van der Waals surface area contributed by atoms with Gasteiger partial charge < -0.3 is 19.7 Å². The predicted octanol–water partition coefficient (Wildman–Crippen LogP) is 6.38. The number of aliphatic hydroxyl groups is 2. The second kappa shape index (κ2) is 13.8. The SMILES string of the molecule is OCCCc1ccc(C(c2ccc(CC3CO3)cc2)C(c2ccc(CCCO)cc2)c2ccc(CC3CO3)cc2)cc1. The molecule has 2 aliphatic rings. The Morgan fingerprint density at radius 2 is 0.762 bits per heavy atom. The van der Waals surface area contributed by atoms with Crippen LogP contribution in [0.25, 0.3) is 0 Å². The van der Waals surface area contributed by atoms with Crippen LogP contribution in [0.5, 0.6) is 0 Å². The summed E-state index contributed by atoms with van der Waals surface area (Å²) >= 11 is 0. The molecule has 0 aliphatic carbocycles. The van der Waals surface area contributed by atoms with Crippen LogP contribution < -0.4 is 0 Å². The summed E-state index contributed by atoms with van der Waals surface area (Å²) in [5, 5.41) is 18.7. The molecule has 4 atom stereocenters. The molecule has 218 valence electrons. The maximum Gasteiger partial charge on any atom is 0.0850 e. The van der Waals surface area contributed by atoms with Gasteiger partial charge in [-0.15, -0.1) is 0 Å². The van der Waals surface area contributed by atoms with Crippen molar-refractivity contribution in [3.05, 3.63) is 142 Å². The molecule has 2 heterocycles. The Labute approximate surface area is 250 Å². The van der Waals surface area contributed by atoms with Crippen molar-refractivity contribution in [2.24, 2.45) is 0 Å². The summed E-state index contributed by atoms with van der Waals surface area (Å²) in [6.45, 7) is 2.15. The number of epoxide rings is 2. The van der Waals surface area contributed by atoms with Crippen molar-refractivity contribution >= 4 is 0 Å². The predicted molar refractivity (Wildman–Crippen MR) is 167 cm³/mol. The molecular weight excluding hydrogens is 520 g/mol. The zero-order valence-corrected chi connectivity index (χ0v) is 24.3. The number of aryl methyl sites for hydroxylation is 2. The van der Waals surface area contributed by atoms with Gasteiger partial charge in [0.2, 0.25) is 0 Å². The first-order chi connectivity index (χ1) is 20.7. The Kier molecular flexibility index (Phi) is 9.47. The molecule has 4 unspecified atom stereocenters. The quantitative estimate of drug-likeness (QED) is 0.165. The van der Waals surface area contributed by atoms with E-state index in [0.717, 1.165) is 51.7 Å². The fraction of sp³-hybridized carbons (Fsp3) is 0.368. The van der Waals surface area contributed by atoms with E-state index in [1.165, 1.54) is 44.5 Å². The normalized spacial score (nSPS) is 18.9. The molecule has 6 rings (SSSR count). The second-order valence-corrected chi connectivity index (χ2v) is 11.9. The molecule has 4 heteroatoms. The Morgan fingerprint density at radius 3 is 1.02 bits per heavy atom. The third-order valence-electron chi connectivity index (χ3n) is 8.67. The van der Waals surface area contributed by atoms with E-state index in [1.54, 1.807) is 0 Å². The summed E-state index contributed by atoms with van der Waals surface area (Å²) in [5.74, 6) is 0.230. The van der Waals surface area contributed by atoms with Crippen molar-refractivity contribution in [3.63, 3.8) is 0 Å². The Hall–Kier alpha value is -3.28. The van der Waals surface area contributed by atoms with Gasteiger partial charge in [-0.1, -0.05) is 97.1 Å². The van der Waals surface area contributed by atoms with Gasteiger partial charge in [0, 0.05) is 37.9 Å². The average Bonchev–Trinajstić information content (AvgIpc) is 3.98. The van der Waals surface area contributed by atoms with Crippen LogP contribution in [-0.2, 0) is 35.2 Å². The van der Waals surface area contributed by atoms with E-state index in [1.807, 2.05) is 0 Å². The van der Waals surface area contributed by atoms with E-state index in [0.29, 0.717) is 12.2 Å². The van der Waals surface area contributed by atoms with Gasteiger partial charge in [-0.05, 0) is 70.2 Å². The van der Waals surface area contributed by atoms with Gasteiger partial charge in [-0.2, -0.15) is 0 Å². The summed E-state index contributed by atoms with van der Waals surface area (Å²) in [6, 6.07) is 36.4. The molecule has 0 saturated carbocycles. The highest BCUT2D eigenvalue weighted by atomic mass is 16.6. The van der Waals surface area contributed by atoms with E-state index in [-0.39, 0.29) is 25.0 Å². The molecule has 4 nitrogen and oxygen atoms in total. The highest BCUT2D eigenvalue weighted by molar-refractivity contribution is 5.47. The van der Waals surface area contributed by atoms with Crippen LogP contribution in [0, 0.1) is 0 Å². The lowest BCUT2D eigenvalue weighted by Gasteiger charge is -2.30. The lowest BCUT2D eigenvalue weighted by Crippen LogP contribution is -2.15. The van der Waals surface area contributed by atoms with Gasteiger partial charge in [0.05, 0.1) is 25.4 Å². The summed E-state index contributed by atoms with van der Waals surface area (Å²) in [5.41, 5.74) is 10.3. The smallest absolute Gasteiger partial charge is 0.0850 e. The molecule has 2 saturated heterocycles. The minimum Gasteiger partial charge on any atom is -0.396 e. The van der Waals surface area contributed by atoms with E-state index < -0.39 is 0 Å². The van der Waals surface area contributed by atoms with E-state index in [2.05, 4.69) is 97.1 Å². The average molecular weight is 563 g/mol. The summed E-state index contributed by atoms with van der Waals surface area (Å²) in [7, 11) is 0. The molecule has 4 aromatic rings. The lowest BCUT2D eigenvalue weighted by atomic mass is 9.73. The standard InChI is InChI=1S/C38H42O4/c39-21-1-3-27-5-13-31(14-6-27)37(33-17-9-29(10-18-33)23-35-25-41-35)38(32-15-7-28(8-16-32)4-2-22-40)34-19-11-30(12-20-34)24-36-26-42-36/h5-20,35-40H,1-4,21-26H2. The van der Waals surface area contributed by atoms with Crippen molar-refractivity contribution < 1.29 is 19.7 Å². The minimum atomic E-state index is 0.115. The van der Waals surface area contributed by atoms with Gasteiger partial charge in [-0.25, -0.2) is 0 Å². The first-order valence-corrected chi connectivity index (χ1v) is 15.5. The van der Waals surface area contributed by atoms with Crippen molar-refractivity contribution in [1.29, 1.82) is 0 Å². The van der Waals surface area contributed by atoms with Gasteiger partial charge in [0.25, 0.3) is 0 Å². The molecule has 2 fully saturated rings. The Morgan fingerprint density at radius 1 is 0.476 bits per heavy atom. The van der Waals surface area contributed by atoms with Crippen LogP contribution in [0.2, 0.25) is 0 Å². The van der Waals surface area contributed by atoms with Crippen molar-refractivity contribution in [1.82, 2.24) is 0 Å². The second-order valence-electron chi connectivity index (χ2n) is 11.9. The van der Waals surface area contributed by atoms with Gasteiger partial charge in [0.1, 0.15) is 0 Å². The molecule has 4 aromatic carbocycles. The highest BCUT2D eigenvalue weighted by Gasteiger charge is 2.29. The number of ether oxygens (including phenoxy) is 2. The minimum absolute atomic E-state index is 0.115. The molecule has 0 bridgehead atoms. The molecule has 0 radical (unpaired) electrons. The number of hydrogen-bond donors (Lipinski definition) is 2. The van der Waals surface area contributed by atoms with Crippen molar-refractivity contribution in [3.8, 4) is 0 Å². The Balaban J connectivity index is 1.40. The van der Waals surface area contributed by atoms with Crippen LogP contribution in [0.3, 0.4) is 0 Å². The van der Waals surface area contributed by atoms with Crippen LogP contribution in [-0.4, -0.2) is 48.8 Å². The first-order valence-electron chi connectivity index (χ1n) is 15.5. The summed E-state index contributed by atoms with van der Waals surface area (Å²) in [4.78, 5) is 0. The van der Waals surface area contributed by atoms with Crippen LogP contribution in [0.1, 0.15) is 69.2 Å². The summed E-state index contributed by atoms with van der Waals surface area (Å²) < 4.78 is 11.0. The topological polar surface area (TPSA) is 65.5 Å². The third-order valence-corrected chi connectivity index (χ3v) is 8.67. The molecule has 0 aromatic heterocycles. The highest BCUT2D eigenvalue weighted by Crippen LogP contribution is 2.43. The fourth-order valence-corrected chi connectivity index (χ4v) is 6.12. The van der Waals surface area contributed by atoms with E-state index in [4.69, 9.17) is 9.47 Å². The van der Waals surface area contributed by atoms with Gasteiger partial charge in [-0.3, -0.25) is 0 Å². The number of benzene rings is 4. The van der Waals surface area contributed by atoms with E-state index in [9.17, 15) is 10.2 Å². The molecule has 0 amide bonds. The maximum absolute atomic E-state index is 9.34. The lowest BCUT2D eigenvalue weighted by molar-refractivity contribution is 0.288. The zero-order valence-electron chi connectivity index (χ0n) is 24.3. The molecule has 0 spiro atoms. The Bertz CT molecular complexity index is 1270. The zero-order chi connectivity index (χ0) is 28.7. The first kappa shape index (κ1) is 28.8. The van der Waals surface area contributed by atoms with Gasteiger partial charge >= 0.3 is 0 Å². The van der Waals surface area contributed by atoms with Crippen molar-refractivity contribution in [2.45, 2.75) is 62.6 Å². The van der Waals surface area contributed by atoms with Crippen LogP contribution in [0.15, 0.2) is 97.1 Å². The van der Waals surface area contributed by atoms with E-state index >= 15 is 0 Å². The number of hydrogen-bond acceptors (Lipinski definition) is 4. The molecular formula is C38H42O4. The maximum atomic E-state index is 9.34. The van der Waals surface area contributed by atoms with Crippen molar-refractivity contribution in [2.75, 3.05) is 26.4 Å². The summed E-state index contributed by atoms with van der Waals surface area (Å²) in [6.07, 6.45) is 5.99. The van der Waals surface area contributed by atoms with Crippen LogP contribution in [0.4, 0.5) is 0 Å². The fourth-order valence-electron chi connectivity index (χ4n) is 6.12. The number of aliphatic hydroxyl groups excluding tert-OH is 2. The molecule has 2 aliphatic heterocycles.